The molecule has 35 heavy (non-hydrogen) atoms. The molecule has 1 atom stereocenters. The molecule has 2 heterocycles. The Hall–Kier alpha value is -3.67. The van der Waals surface area contributed by atoms with Gasteiger partial charge < -0.3 is 20.2 Å². The molecule has 12 heteroatoms. The molecule has 1 unspecified atom stereocenters. The van der Waals surface area contributed by atoms with Gasteiger partial charge in [-0.3, -0.25) is 9.69 Å². The molecule has 4 rings (SSSR count). The largest absolute Gasteiger partial charge is 0.490 e. The number of likely N-dealkylation sites (N-methyl/N-ethyl adjacent to an activating group) is 1. The number of hydrogen-bond acceptors (Lipinski definition) is 4. The zero-order chi connectivity index (χ0) is 25.8. The maximum Gasteiger partial charge on any atom is 0.490 e. The molecule has 0 saturated carbocycles. The van der Waals surface area contributed by atoms with Crippen molar-refractivity contribution in [3.8, 4) is 0 Å². The summed E-state index contributed by atoms with van der Waals surface area (Å²) in [6.07, 6.45) is -4.33. The summed E-state index contributed by atoms with van der Waals surface area (Å²) in [5.74, 6) is -3.17. The number of benzene rings is 2. The van der Waals surface area contributed by atoms with Gasteiger partial charge in [0.25, 0.3) is 0 Å². The fourth-order valence-electron chi connectivity index (χ4n) is 4.03. The molecule has 8 nitrogen and oxygen atoms in total. The van der Waals surface area contributed by atoms with Gasteiger partial charge >= 0.3 is 18.2 Å². The molecular formula is C23H24F4N4O4. The number of halogens is 4. The van der Waals surface area contributed by atoms with Crippen LogP contribution in [0.2, 0.25) is 0 Å². The quantitative estimate of drug-likeness (QED) is 0.622. The Bertz CT molecular complexity index is 1080. The Morgan fingerprint density at radius 2 is 1.63 bits per heavy atom. The number of para-hydroxylation sites is 2. The molecular weight excluding hydrogens is 472 g/mol. The van der Waals surface area contributed by atoms with Crippen LogP contribution in [0.1, 0.15) is 6.42 Å². The molecule has 0 radical (unpaired) electrons. The lowest BCUT2D eigenvalue weighted by atomic mass is 9.92. The van der Waals surface area contributed by atoms with Gasteiger partial charge in [0.1, 0.15) is 5.82 Å². The van der Waals surface area contributed by atoms with Crippen molar-refractivity contribution in [1.29, 1.82) is 0 Å². The predicted molar refractivity (Wildman–Crippen MR) is 119 cm³/mol. The van der Waals surface area contributed by atoms with Crippen molar-refractivity contribution in [1.82, 2.24) is 9.80 Å². The molecule has 0 aromatic heterocycles. The lowest BCUT2D eigenvalue weighted by Gasteiger charge is -2.46. The molecule has 3 amide bonds. The maximum atomic E-state index is 13.8. The van der Waals surface area contributed by atoms with Crippen molar-refractivity contribution in [2.45, 2.75) is 18.1 Å². The first kappa shape index (κ1) is 25.9. The molecule has 2 aromatic rings. The van der Waals surface area contributed by atoms with Gasteiger partial charge in [-0.15, -0.1) is 0 Å². The van der Waals surface area contributed by atoms with Gasteiger partial charge in [-0.25, -0.2) is 14.0 Å². The summed E-state index contributed by atoms with van der Waals surface area (Å²) in [5, 5.41) is 9.78. The van der Waals surface area contributed by atoms with Crippen molar-refractivity contribution >= 4 is 29.3 Å². The van der Waals surface area contributed by atoms with Gasteiger partial charge in [0, 0.05) is 25.3 Å². The van der Waals surface area contributed by atoms with Gasteiger partial charge in [-0.05, 0) is 37.7 Å². The second kappa shape index (κ2) is 10.3. The number of anilines is 2. The number of hydrogen-bond donors (Lipinski definition) is 2. The molecule has 2 aliphatic rings. The summed E-state index contributed by atoms with van der Waals surface area (Å²) in [5.41, 5.74) is 0.733. The van der Waals surface area contributed by atoms with Crippen LogP contribution < -0.4 is 10.2 Å². The van der Waals surface area contributed by atoms with Gasteiger partial charge in [0.05, 0.1) is 17.8 Å². The average Bonchev–Trinajstić information content (AvgIpc) is 3.24. The molecule has 188 valence electrons. The Balaban J connectivity index is 0.000000429. The van der Waals surface area contributed by atoms with Crippen molar-refractivity contribution in [3.63, 3.8) is 0 Å². The highest BCUT2D eigenvalue weighted by atomic mass is 19.4. The molecule has 2 fully saturated rings. The van der Waals surface area contributed by atoms with E-state index in [1.54, 1.807) is 28.0 Å². The number of nitrogens with zero attached hydrogens (tertiary/aromatic N) is 3. The Morgan fingerprint density at radius 3 is 2.23 bits per heavy atom. The first-order valence-electron chi connectivity index (χ1n) is 10.6. The average molecular weight is 496 g/mol. The Morgan fingerprint density at radius 1 is 1.03 bits per heavy atom. The number of alkyl halides is 3. The van der Waals surface area contributed by atoms with Gasteiger partial charge in [-0.1, -0.05) is 30.3 Å². The predicted octanol–water partition coefficient (Wildman–Crippen LogP) is 3.41. The molecule has 2 N–H and O–H groups in total. The van der Waals surface area contributed by atoms with E-state index in [1.165, 1.54) is 6.07 Å². The number of carbonyl (C=O) groups excluding carboxylic acids is 2. The number of piperazine rings is 1. The number of nitrogens with one attached hydrogen (secondary N) is 1. The van der Waals surface area contributed by atoms with E-state index >= 15 is 0 Å². The van der Waals surface area contributed by atoms with Crippen LogP contribution in [0.5, 0.6) is 0 Å². The van der Waals surface area contributed by atoms with Crippen LogP contribution in [-0.4, -0.2) is 77.8 Å². The topological polar surface area (TPSA) is 93.2 Å². The minimum absolute atomic E-state index is 0.0496. The molecule has 2 saturated heterocycles. The van der Waals surface area contributed by atoms with E-state index in [1.807, 2.05) is 42.3 Å². The van der Waals surface area contributed by atoms with E-state index in [4.69, 9.17) is 9.90 Å². The molecule has 1 spiro atoms. The standard InChI is InChI=1S/C21H23FN4O2.C2HF3O2/c1-24-13-19(27)26(16-7-3-2-4-8-16)15-21(24)11-12-25(14-21)20(28)23-18-10-6-5-9-17(18)22;3-2(4,5)1(6)7/h2-10H,11-15H2,1H3,(H,23,28);(H,6,7). The van der Waals surface area contributed by atoms with E-state index in [2.05, 4.69) is 5.32 Å². The van der Waals surface area contributed by atoms with Gasteiger partial charge in [-0.2, -0.15) is 13.2 Å². The Labute approximate surface area is 198 Å². The first-order valence-corrected chi connectivity index (χ1v) is 10.6. The van der Waals surface area contributed by atoms with E-state index < -0.39 is 18.0 Å². The summed E-state index contributed by atoms with van der Waals surface area (Å²) < 4.78 is 45.6. The maximum absolute atomic E-state index is 13.8. The third-order valence-corrected chi connectivity index (χ3v) is 5.98. The fraction of sp³-hybridized carbons (Fsp3) is 0.348. The SMILES string of the molecule is CN1CC(=O)N(c2ccccc2)CC12CCN(C(=O)Nc1ccccc1F)C2.O=C(O)C(F)(F)F. The van der Waals surface area contributed by atoms with Crippen LogP contribution in [0.4, 0.5) is 33.7 Å². The smallest absolute Gasteiger partial charge is 0.475 e. The van der Waals surface area contributed by atoms with E-state index in [-0.39, 0.29) is 23.2 Å². The van der Waals surface area contributed by atoms with E-state index in [0.29, 0.717) is 26.2 Å². The van der Waals surface area contributed by atoms with Crippen LogP contribution in [-0.2, 0) is 9.59 Å². The number of rotatable bonds is 2. The fourth-order valence-corrected chi connectivity index (χ4v) is 4.03. The number of urea groups is 1. The zero-order valence-corrected chi connectivity index (χ0v) is 18.8. The number of carbonyl (C=O) groups is 3. The molecule has 2 aromatic carbocycles. The number of carboxylic acid groups (broad SMARTS) is 1. The highest BCUT2D eigenvalue weighted by molar-refractivity contribution is 5.96. The van der Waals surface area contributed by atoms with Crippen LogP contribution in [0.3, 0.4) is 0 Å². The monoisotopic (exact) mass is 496 g/mol. The first-order chi connectivity index (χ1) is 16.4. The highest BCUT2D eigenvalue weighted by Crippen LogP contribution is 2.33. The van der Waals surface area contributed by atoms with Crippen LogP contribution >= 0.6 is 0 Å². The van der Waals surface area contributed by atoms with Gasteiger partial charge in [0.15, 0.2) is 0 Å². The molecule has 2 aliphatic heterocycles. The third-order valence-electron chi connectivity index (χ3n) is 5.98. The lowest BCUT2D eigenvalue weighted by Crippen LogP contribution is -2.64. The molecule has 0 aliphatic carbocycles. The minimum atomic E-state index is -5.08. The number of aliphatic carboxylic acids is 1. The summed E-state index contributed by atoms with van der Waals surface area (Å²) >= 11 is 0. The minimum Gasteiger partial charge on any atom is -0.475 e. The van der Waals surface area contributed by atoms with Gasteiger partial charge in [0.2, 0.25) is 5.91 Å². The third kappa shape index (κ3) is 6.07. The molecule has 0 bridgehead atoms. The van der Waals surface area contributed by atoms with Crippen molar-refractivity contribution in [2.24, 2.45) is 0 Å². The summed E-state index contributed by atoms with van der Waals surface area (Å²) in [4.78, 5) is 39.7. The second-order valence-electron chi connectivity index (χ2n) is 8.28. The van der Waals surface area contributed by atoms with Crippen molar-refractivity contribution < 1.29 is 37.1 Å². The van der Waals surface area contributed by atoms with Crippen molar-refractivity contribution in [3.05, 3.63) is 60.4 Å². The van der Waals surface area contributed by atoms with Crippen LogP contribution in [0.15, 0.2) is 54.6 Å². The zero-order valence-electron chi connectivity index (χ0n) is 18.8. The summed E-state index contributed by atoms with van der Waals surface area (Å²) in [6, 6.07) is 15.4. The lowest BCUT2D eigenvalue weighted by molar-refractivity contribution is -0.192. The number of likely N-dealkylation sites (tertiary alicyclic amines) is 1. The summed E-state index contributed by atoms with van der Waals surface area (Å²) in [7, 11) is 1.93. The van der Waals surface area contributed by atoms with Crippen LogP contribution in [0, 0.1) is 5.82 Å². The second-order valence-corrected chi connectivity index (χ2v) is 8.28. The van der Waals surface area contributed by atoms with E-state index in [0.717, 1.165) is 12.1 Å². The Kier molecular flexibility index (Phi) is 7.64. The van der Waals surface area contributed by atoms with Crippen molar-refractivity contribution in [2.75, 3.05) is 43.4 Å². The number of amides is 3. The van der Waals surface area contributed by atoms with E-state index in [9.17, 15) is 27.2 Å². The van der Waals surface area contributed by atoms with Crippen LogP contribution in [0.25, 0.3) is 0 Å². The normalized spacial score (nSPS) is 20.4. The number of carboxylic acids is 1. The summed E-state index contributed by atoms with van der Waals surface area (Å²) in [6.45, 7) is 1.87. The highest BCUT2D eigenvalue weighted by Gasteiger charge is 2.48.